The first-order valence-electron chi connectivity index (χ1n) is 10.1. The first-order chi connectivity index (χ1) is 14.6. The van der Waals surface area contributed by atoms with Crippen LogP contribution in [0.5, 0.6) is 23.0 Å². The standard InChI is InChI=1S/C23H33N3O4.HI/c1-6-12-30-19-9-7-8-17(13-19)10-11-25-23(24-2)26-16-18-14-20(27-3)22(29-5)21(15-18)28-4;/h7-9,13-15H,6,10-12,16H2,1-5H3,(H2,24,25,26);1H. The molecule has 0 unspecified atom stereocenters. The van der Waals surface area contributed by atoms with E-state index in [2.05, 4.69) is 34.7 Å². The van der Waals surface area contributed by atoms with Crippen LogP contribution in [0.25, 0.3) is 0 Å². The van der Waals surface area contributed by atoms with E-state index in [1.54, 1.807) is 28.4 Å². The van der Waals surface area contributed by atoms with E-state index < -0.39 is 0 Å². The van der Waals surface area contributed by atoms with Crippen LogP contribution in [-0.4, -0.2) is 47.5 Å². The minimum atomic E-state index is 0. The molecule has 0 radical (unpaired) electrons. The SMILES string of the molecule is CCCOc1cccc(CCNC(=NC)NCc2cc(OC)c(OC)c(OC)c2)c1.I. The van der Waals surface area contributed by atoms with E-state index in [9.17, 15) is 0 Å². The molecule has 0 heterocycles. The smallest absolute Gasteiger partial charge is 0.203 e. The Kier molecular flexibility index (Phi) is 12.6. The molecule has 0 fully saturated rings. The third-order valence-electron chi connectivity index (χ3n) is 4.49. The van der Waals surface area contributed by atoms with Crippen molar-refractivity contribution in [2.45, 2.75) is 26.3 Å². The minimum Gasteiger partial charge on any atom is -0.494 e. The van der Waals surface area contributed by atoms with Gasteiger partial charge in [0.05, 0.1) is 27.9 Å². The molecule has 0 aliphatic heterocycles. The molecule has 172 valence electrons. The monoisotopic (exact) mass is 543 g/mol. The van der Waals surface area contributed by atoms with Gasteiger partial charge in [-0.25, -0.2) is 0 Å². The van der Waals surface area contributed by atoms with E-state index in [-0.39, 0.29) is 24.0 Å². The normalized spacial score (nSPS) is 10.7. The van der Waals surface area contributed by atoms with E-state index in [1.165, 1.54) is 5.56 Å². The molecule has 8 heteroatoms. The Morgan fingerprint density at radius 1 is 0.935 bits per heavy atom. The number of hydrogen-bond donors (Lipinski definition) is 2. The predicted molar refractivity (Wildman–Crippen MR) is 136 cm³/mol. The molecule has 2 N–H and O–H groups in total. The predicted octanol–water partition coefficient (Wildman–Crippen LogP) is 4.03. The molecule has 0 aliphatic rings. The van der Waals surface area contributed by atoms with Crippen molar-refractivity contribution in [2.75, 3.05) is 41.5 Å². The molecule has 0 aliphatic carbocycles. The van der Waals surface area contributed by atoms with Gasteiger partial charge in [-0.05, 0) is 48.2 Å². The third-order valence-corrected chi connectivity index (χ3v) is 4.49. The highest BCUT2D eigenvalue weighted by Gasteiger charge is 2.13. The minimum absolute atomic E-state index is 0. The molecule has 7 nitrogen and oxygen atoms in total. The highest BCUT2D eigenvalue weighted by atomic mass is 127. The summed E-state index contributed by atoms with van der Waals surface area (Å²) in [6, 6.07) is 12.0. The second kappa shape index (κ2) is 14.6. The summed E-state index contributed by atoms with van der Waals surface area (Å²) in [5.74, 6) is 3.47. The number of methoxy groups -OCH3 is 3. The quantitative estimate of drug-likeness (QED) is 0.254. The molecule has 2 aromatic rings. The van der Waals surface area contributed by atoms with Crippen molar-refractivity contribution in [2.24, 2.45) is 4.99 Å². The topological polar surface area (TPSA) is 73.3 Å². The lowest BCUT2D eigenvalue weighted by molar-refractivity contribution is 0.317. The van der Waals surface area contributed by atoms with Gasteiger partial charge in [0, 0.05) is 20.1 Å². The lowest BCUT2D eigenvalue weighted by Crippen LogP contribution is -2.37. The molecule has 0 amide bonds. The zero-order chi connectivity index (χ0) is 21.8. The molecule has 2 aromatic carbocycles. The lowest BCUT2D eigenvalue weighted by Gasteiger charge is -2.16. The van der Waals surface area contributed by atoms with Gasteiger partial charge in [0.1, 0.15) is 5.75 Å². The number of guanidine groups is 1. The molecule has 31 heavy (non-hydrogen) atoms. The van der Waals surface area contributed by atoms with Crippen LogP contribution in [0.1, 0.15) is 24.5 Å². The highest BCUT2D eigenvalue weighted by Crippen LogP contribution is 2.38. The number of aliphatic imine (C=N–C) groups is 1. The van der Waals surface area contributed by atoms with Crippen molar-refractivity contribution in [1.82, 2.24) is 10.6 Å². The summed E-state index contributed by atoms with van der Waals surface area (Å²) in [5, 5.41) is 6.66. The zero-order valence-electron chi connectivity index (χ0n) is 19.0. The Hall–Kier alpha value is -2.36. The Morgan fingerprint density at radius 3 is 2.23 bits per heavy atom. The first-order valence-corrected chi connectivity index (χ1v) is 10.1. The van der Waals surface area contributed by atoms with E-state index in [4.69, 9.17) is 18.9 Å². The number of rotatable bonds is 11. The maximum atomic E-state index is 5.70. The maximum absolute atomic E-state index is 5.70. The fraction of sp³-hybridized carbons (Fsp3) is 0.435. The van der Waals surface area contributed by atoms with Gasteiger partial charge in [0.25, 0.3) is 0 Å². The number of halogens is 1. The average Bonchev–Trinajstić information content (AvgIpc) is 2.79. The van der Waals surface area contributed by atoms with E-state index in [1.807, 2.05) is 24.3 Å². The molecule has 0 spiro atoms. The average molecular weight is 543 g/mol. The summed E-state index contributed by atoms with van der Waals surface area (Å²) in [6.45, 7) is 4.16. The second-order valence-corrected chi connectivity index (χ2v) is 6.63. The number of nitrogens with zero attached hydrogens (tertiary/aromatic N) is 1. The van der Waals surface area contributed by atoms with Gasteiger partial charge in [-0.3, -0.25) is 4.99 Å². The number of benzene rings is 2. The first kappa shape index (κ1) is 26.7. The van der Waals surface area contributed by atoms with E-state index in [0.717, 1.165) is 43.3 Å². The van der Waals surface area contributed by atoms with Crippen LogP contribution in [0.4, 0.5) is 0 Å². The lowest BCUT2D eigenvalue weighted by atomic mass is 10.1. The summed E-state index contributed by atoms with van der Waals surface area (Å²) < 4.78 is 21.9. The van der Waals surface area contributed by atoms with Gasteiger partial charge in [-0.15, -0.1) is 24.0 Å². The van der Waals surface area contributed by atoms with Crippen LogP contribution in [-0.2, 0) is 13.0 Å². The summed E-state index contributed by atoms with van der Waals surface area (Å²) in [4.78, 5) is 4.29. The van der Waals surface area contributed by atoms with Crippen LogP contribution >= 0.6 is 24.0 Å². The molecule has 0 atom stereocenters. The van der Waals surface area contributed by atoms with Crippen LogP contribution in [0.3, 0.4) is 0 Å². The van der Waals surface area contributed by atoms with Crippen molar-refractivity contribution in [3.63, 3.8) is 0 Å². The van der Waals surface area contributed by atoms with Gasteiger partial charge >= 0.3 is 0 Å². The largest absolute Gasteiger partial charge is 0.494 e. The van der Waals surface area contributed by atoms with Gasteiger partial charge in [0.15, 0.2) is 17.5 Å². The van der Waals surface area contributed by atoms with Gasteiger partial charge in [0.2, 0.25) is 5.75 Å². The summed E-state index contributed by atoms with van der Waals surface area (Å²) in [5.41, 5.74) is 2.21. The van der Waals surface area contributed by atoms with Gasteiger partial charge < -0.3 is 29.6 Å². The summed E-state index contributed by atoms with van der Waals surface area (Å²) in [6.07, 6.45) is 1.87. The van der Waals surface area contributed by atoms with Crippen molar-refractivity contribution < 1.29 is 18.9 Å². The van der Waals surface area contributed by atoms with E-state index in [0.29, 0.717) is 23.8 Å². The molecular formula is C23H34IN3O4. The van der Waals surface area contributed by atoms with Crippen LogP contribution in [0.15, 0.2) is 41.4 Å². The number of ether oxygens (including phenoxy) is 4. The van der Waals surface area contributed by atoms with Gasteiger partial charge in [-0.2, -0.15) is 0 Å². The summed E-state index contributed by atoms with van der Waals surface area (Å²) >= 11 is 0. The summed E-state index contributed by atoms with van der Waals surface area (Å²) in [7, 11) is 6.56. The second-order valence-electron chi connectivity index (χ2n) is 6.63. The van der Waals surface area contributed by atoms with Crippen LogP contribution in [0.2, 0.25) is 0 Å². The number of nitrogens with one attached hydrogen (secondary N) is 2. The van der Waals surface area contributed by atoms with E-state index >= 15 is 0 Å². The molecule has 0 saturated heterocycles. The molecule has 0 aromatic heterocycles. The van der Waals surface area contributed by atoms with Gasteiger partial charge in [-0.1, -0.05) is 19.1 Å². The Balaban J connectivity index is 0.00000480. The third kappa shape index (κ3) is 8.35. The van der Waals surface area contributed by atoms with Crippen molar-refractivity contribution >= 4 is 29.9 Å². The number of hydrogen-bond acceptors (Lipinski definition) is 5. The van der Waals surface area contributed by atoms with Crippen molar-refractivity contribution in [3.8, 4) is 23.0 Å². The molecule has 2 rings (SSSR count). The zero-order valence-corrected chi connectivity index (χ0v) is 21.3. The fourth-order valence-electron chi connectivity index (χ4n) is 2.98. The van der Waals surface area contributed by atoms with Crippen molar-refractivity contribution in [1.29, 1.82) is 0 Å². The van der Waals surface area contributed by atoms with Crippen LogP contribution in [0, 0.1) is 0 Å². The molecule has 0 bridgehead atoms. The van der Waals surface area contributed by atoms with Crippen LogP contribution < -0.4 is 29.6 Å². The fourth-order valence-corrected chi connectivity index (χ4v) is 2.98. The Bertz CT molecular complexity index is 805. The highest BCUT2D eigenvalue weighted by molar-refractivity contribution is 14.0. The maximum Gasteiger partial charge on any atom is 0.203 e. The molecular weight excluding hydrogens is 509 g/mol. The Morgan fingerprint density at radius 2 is 1.65 bits per heavy atom. The Labute approximate surface area is 202 Å². The van der Waals surface area contributed by atoms with Crippen molar-refractivity contribution in [3.05, 3.63) is 47.5 Å². The molecule has 0 saturated carbocycles.